The van der Waals surface area contributed by atoms with Crippen LogP contribution >= 0.6 is 0 Å². The molecule has 0 aliphatic heterocycles. The topological polar surface area (TPSA) is 105 Å². The highest BCUT2D eigenvalue weighted by atomic mass is 32.2. The quantitative estimate of drug-likeness (QED) is 0.321. The molecule has 4 N–H and O–H groups in total. The van der Waals surface area contributed by atoms with Gasteiger partial charge in [0, 0.05) is 12.1 Å². The van der Waals surface area contributed by atoms with Gasteiger partial charge >= 0.3 is 0 Å². The molecule has 0 radical (unpaired) electrons. The van der Waals surface area contributed by atoms with Crippen molar-refractivity contribution in [1.29, 1.82) is 0 Å². The van der Waals surface area contributed by atoms with E-state index < -0.39 is 10.0 Å². The maximum atomic E-state index is 11.9. The van der Waals surface area contributed by atoms with Crippen molar-refractivity contribution < 1.29 is 13.6 Å². The van der Waals surface area contributed by atoms with Gasteiger partial charge in [0.15, 0.2) is 5.84 Å². The molecule has 0 spiro atoms. The molecule has 1 rings (SSSR count). The van der Waals surface area contributed by atoms with Crippen molar-refractivity contribution in [2.24, 2.45) is 16.3 Å². The number of rotatable bonds is 6. The van der Waals surface area contributed by atoms with Gasteiger partial charge in [-0.25, -0.2) is 13.1 Å². The van der Waals surface area contributed by atoms with Crippen molar-refractivity contribution in [1.82, 2.24) is 4.72 Å². The Morgan fingerprint density at radius 2 is 1.86 bits per heavy atom. The Bertz CT molecular complexity index is 587. The Morgan fingerprint density at radius 1 is 1.29 bits per heavy atom. The van der Waals surface area contributed by atoms with Gasteiger partial charge in [-0.3, -0.25) is 0 Å². The van der Waals surface area contributed by atoms with Crippen molar-refractivity contribution in [3.8, 4) is 0 Å². The van der Waals surface area contributed by atoms with E-state index in [4.69, 9.17) is 10.9 Å². The summed E-state index contributed by atoms with van der Waals surface area (Å²) in [7, 11) is -3.28. The van der Waals surface area contributed by atoms with E-state index in [1.807, 2.05) is 20.8 Å². The van der Waals surface area contributed by atoms with Crippen LogP contribution in [0.25, 0.3) is 0 Å². The maximum Gasteiger partial charge on any atom is 0.211 e. The summed E-state index contributed by atoms with van der Waals surface area (Å²) in [5.41, 5.74) is 6.83. The Morgan fingerprint density at radius 3 is 2.33 bits per heavy atom. The lowest BCUT2D eigenvalue weighted by Crippen LogP contribution is -2.28. The lowest BCUT2D eigenvalue weighted by molar-refractivity contribution is 0.318. The number of hydrogen-bond donors (Lipinski definition) is 3. The fourth-order valence-corrected chi connectivity index (χ4v) is 2.97. The molecule has 1 aromatic carbocycles. The van der Waals surface area contributed by atoms with Crippen LogP contribution in [0.5, 0.6) is 0 Å². The smallest absolute Gasteiger partial charge is 0.211 e. The summed E-state index contributed by atoms with van der Waals surface area (Å²) in [6.07, 6.45) is 0.602. The predicted molar refractivity (Wildman–Crippen MR) is 83.7 cm³/mol. The number of oxime groups is 1. The third kappa shape index (κ3) is 6.59. The molecule has 0 atom stereocenters. The zero-order chi connectivity index (χ0) is 16.1. The van der Waals surface area contributed by atoms with Gasteiger partial charge in [0.1, 0.15) is 0 Å². The van der Waals surface area contributed by atoms with Gasteiger partial charge in [-0.15, -0.1) is 0 Å². The first-order valence-electron chi connectivity index (χ1n) is 6.67. The zero-order valence-electron chi connectivity index (χ0n) is 12.6. The minimum absolute atomic E-state index is 0.0163. The molecule has 0 fully saturated rings. The zero-order valence-corrected chi connectivity index (χ0v) is 13.4. The summed E-state index contributed by atoms with van der Waals surface area (Å²) in [6, 6.07) is 6.82. The molecule has 118 valence electrons. The van der Waals surface area contributed by atoms with Crippen LogP contribution in [0, 0.1) is 5.41 Å². The van der Waals surface area contributed by atoms with Gasteiger partial charge in [0.25, 0.3) is 0 Å². The normalized spacial score (nSPS) is 13.4. The third-order valence-corrected chi connectivity index (χ3v) is 4.30. The first kappa shape index (κ1) is 17.5. The van der Waals surface area contributed by atoms with E-state index in [2.05, 4.69) is 9.88 Å². The van der Waals surface area contributed by atoms with Crippen LogP contribution in [-0.4, -0.2) is 25.2 Å². The van der Waals surface area contributed by atoms with Crippen molar-refractivity contribution in [3.63, 3.8) is 0 Å². The van der Waals surface area contributed by atoms with Gasteiger partial charge in [-0.05, 0) is 17.4 Å². The standard InChI is InChI=1S/C14H23N3O3S/c1-14(2,3)8-9-21(19,20)16-10-11-4-6-12(7-5-11)13(15)17-18/h4-7,16,18H,8-10H2,1-3H3,(H2,15,17). The minimum Gasteiger partial charge on any atom is -0.409 e. The number of benzene rings is 1. The van der Waals surface area contributed by atoms with E-state index in [0.717, 1.165) is 5.56 Å². The monoisotopic (exact) mass is 313 g/mol. The van der Waals surface area contributed by atoms with Crippen molar-refractivity contribution in [3.05, 3.63) is 35.4 Å². The van der Waals surface area contributed by atoms with Crippen LogP contribution in [0.1, 0.15) is 38.3 Å². The van der Waals surface area contributed by atoms with Gasteiger partial charge in [0.2, 0.25) is 10.0 Å². The molecular formula is C14H23N3O3S. The van der Waals surface area contributed by atoms with Crippen LogP contribution < -0.4 is 10.5 Å². The molecule has 0 aromatic heterocycles. The van der Waals surface area contributed by atoms with E-state index in [1.54, 1.807) is 24.3 Å². The SMILES string of the molecule is CC(C)(C)CCS(=O)(=O)NCc1ccc(/C(N)=N/O)cc1. The van der Waals surface area contributed by atoms with Crippen molar-refractivity contribution in [2.75, 3.05) is 5.75 Å². The molecular weight excluding hydrogens is 290 g/mol. The van der Waals surface area contributed by atoms with Crippen LogP contribution in [0.15, 0.2) is 29.4 Å². The van der Waals surface area contributed by atoms with Crippen molar-refractivity contribution in [2.45, 2.75) is 33.7 Å². The van der Waals surface area contributed by atoms with Crippen LogP contribution in [0.4, 0.5) is 0 Å². The summed E-state index contributed by atoms with van der Waals surface area (Å²) < 4.78 is 26.3. The lowest BCUT2D eigenvalue weighted by Gasteiger charge is -2.17. The predicted octanol–water partition coefficient (Wildman–Crippen LogP) is 1.64. The number of sulfonamides is 1. The average molecular weight is 313 g/mol. The molecule has 21 heavy (non-hydrogen) atoms. The summed E-state index contributed by atoms with van der Waals surface area (Å²) in [6.45, 7) is 6.25. The largest absolute Gasteiger partial charge is 0.409 e. The van der Waals surface area contributed by atoms with E-state index in [9.17, 15) is 8.42 Å². The average Bonchev–Trinajstić information content (AvgIpc) is 2.42. The van der Waals surface area contributed by atoms with E-state index in [-0.39, 0.29) is 23.5 Å². The molecule has 0 heterocycles. The third-order valence-electron chi connectivity index (χ3n) is 2.97. The fraction of sp³-hybridized carbons (Fsp3) is 0.500. The van der Waals surface area contributed by atoms with Crippen LogP contribution in [0.3, 0.4) is 0 Å². The maximum absolute atomic E-state index is 11.9. The Hall–Kier alpha value is -1.60. The molecule has 0 amide bonds. The minimum atomic E-state index is -3.28. The molecule has 1 aromatic rings. The highest BCUT2D eigenvalue weighted by Crippen LogP contribution is 2.19. The van der Waals surface area contributed by atoms with Gasteiger partial charge < -0.3 is 10.9 Å². The summed E-state index contributed by atoms with van der Waals surface area (Å²) in [4.78, 5) is 0. The number of nitrogens with two attached hydrogens (primary N) is 1. The Balaban J connectivity index is 2.59. The second-order valence-corrected chi connectivity index (χ2v) is 8.06. The van der Waals surface area contributed by atoms with Gasteiger partial charge in [0.05, 0.1) is 5.75 Å². The fourth-order valence-electron chi connectivity index (χ4n) is 1.56. The van der Waals surface area contributed by atoms with Gasteiger partial charge in [-0.2, -0.15) is 0 Å². The molecule has 0 aliphatic rings. The second kappa shape index (κ2) is 6.91. The summed E-state index contributed by atoms with van der Waals surface area (Å²) >= 11 is 0. The highest BCUT2D eigenvalue weighted by molar-refractivity contribution is 7.89. The number of amidine groups is 1. The first-order chi connectivity index (χ1) is 9.63. The number of nitrogens with zero attached hydrogens (tertiary/aromatic N) is 1. The number of hydrogen-bond acceptors (Lipinski definition) is 4. The summed E-state index contributed by atoms with van der Waals surface area (Å²) in [5, 5.41) is 11.5. The Labute approximate surface area is 126 Å². The van der Waals surface area contributed by atoms with E-state index in [1.165, 1.54) is 0 Å². The van der Waals surface area contributed by atoms with Crippen molar-refractivity contribution >= 4 is 15.9 Å². The Kier molecular flexibility index (Phi) is 5.74. The van der Waals surface area contributed by atoms with Gasteiger partial charge in [-0.1, -0.05) is 50.2 Å². The molecule has 6 nitrogen and oxygen atoms in total. The molecule has 0 unspecified atom stereocenters. The second-order valence-electron chi connectivity index (χ2n) is 6.13. The molecule has 0 saturated carbocycles. The number of nitrogens with one attached hydrogen (secondary N) is 1. The molecule has 7 heteroatoms. The molecule has 0 bridgehead atoms. The molecule has 0 saturated heterocycles. The lowest BCUT2D eigenvalue weighted by atomic mass is 9.94. The molecule has 0 aliphatic carbocycles. The first-order valence-corrected chi connectivity index (χ1v) is 8.32. The van der Waals surface area contributed by atoms with Crippen LogP contribution in [-0.2, 0) is 16.6 Å². The highest BCUT2D eigenvalue weighted by Gasteiger charge is 2.17. The summed E-state index contributed by atoms with van der Waals surface area (Å²) in [5.74, 6) is 0.130. The van der Waals surface area contributed by atoms with E-state index in [0.29, 0.717) is 12.0 Å². The van der Waals surface area contributed by atoms with E-state index >= 15 is 0 Å². The van der Waals surface area contributed by atoms with Crippen LogP contribution in [0.2, 0.25) is 0 Å².